The summed E-state index contributed by atoms with van der Waals surface area (Å²) in [6, 6.07) is 20.9. The quantitative estimate of drug-likeness (QED) is 0.225. The first-order chi connectivity index (χ1) is 18.5. The largest absolute Gasteiger partial charge is 0.355 e. The van der Waals surface area contributed by atoms with Crippen LogP contribution in [0.3, 0.4) is 0 Å². The van der Waals surface area contributed by atoms with E-state index in [1.807, 2.05) is 30.5 Å². The highest BCUT2D eigenvalue weighted by molar-refractivity contribution is 5.87. The van der Waals surface area contributed by atoms with E-state index in [0.29, 0.717) is 18.7 Å². The second kappa shape index (κ2) is 11.6. The van der Waals surface area contributed by atoms with Crippen LogP contribution in [0, 0.1) is 15.9 Å². The number of halogens is 1. The summed E-state index contributed by atoms with van der Waals surface area (Å²) in [5, 5.41) is 15.9. The molecular formula is C30H31FN4O3. The molecule has 3 aromatic carbocycles. The lowest BCUT2D eigenvalue weighted by Crippen LogP contribution is -2.34. The van der Waals surface area contributed by atoms with E-state index < -0.39 is 5.92 Å². The molecule has 5 rings (SSSR count). The molecule has 1 amide bonds. The summed E-state index contributed by atoms with van der Waals surface area (Å²) in [5.41, 5.74) is 3.24. The number of hydrogen-bond donors (Lipinski definition) is 1. The minimum Gasteiger partial charge on any atom is -0.355 e. The van der Waals surface area contributed by atoms with Crippen molar-refractivity contribution < 1.29 is 14.1 Å². The molecule has 1 saturated heterocycles. The van der Waals surface area contributed by atoms with E-state index in [9.17, 15) is 19.3 Å². The molecule has 4 aromatic rings. The van der Waals surface area contributed by atoms with Crippen molar-refractivity contribution in [2.75, 3.05) is 26.2 Å². The van der Waals surface area contributed by atoms with Gasteiger partial charge in [0.1, 0.15) is 5.82 Å². The van der Waals surface area contributed by atoms with Crippen LogP contribution >= 0.6 is 0 Å². The Morgan fingerprint density at radius 1 is 0.974 bits per heavy atom. The SMILES string of the molecule is O=C(CC(c1ccccc1[N+](=O)[O-])c1cn(Cc2ccc(F)cc2)c2ccccc12)NCCN1CCCC1. The fourth-order valence-corrected chi connectivity index (χ4v) is 5.42. The number of nitrogens with one attached hydrogen (secondary N) is 1. The first-order valence-electron chi connectivity index (χ1n) is 13.0. The van der Waals surface area contributed by atoms with Crippen LogP contribution in [0.2, 0.25) is 0 Å². The number of likely N-dealkylation sites (tertiary alicyclic amines) is 1. The van der Waals surface area contributed by atoms with E-state index in [0.717, 1.165) is 41.7 Å². The number of rotatable bonds is 10. The lowest BCUT2D eigenvalue weighted by molar-refractivity contribution is -0.385. The molecule has 0 aliphatic carbocycles. The number of carbonyl (C=O) groups is 1. The summed E-state index contributed by atoms with van der Waals surface area (Å²) >= 11 is 0. The van der Waals surface area contributed by atoms with Gasteiger partial charge in [-0.05, 0) is 55.3 Å². The molecule has 7 nitrogen and oxygen atoms in total. The van der Waals surface area contributed by atoms with Gasteiger partial charge in [0.15, 0.2) is 0 Å². The van der Waals surface area contributed by atoms with Gasteiger partial charge in [-0.1, -0.05) is 48.5 Å². The molecule has 1 N–H and O–H groups in total. The van der Waals surface area contributed by atoms with Crippen LogP contribution in [0.25, 0.3) is 10.9 Å². The van der Waals surface area contributed by atoms with Crippen molar-refractivity contribution in [3.8, 4) is 0 Å². The molecule has 38 heavy (non-hydrogen) atoms. The lowest BCUT2D eigenvalue weighted by Gasteiger charge is -2.19. The van der Waals surface area contributed by atoms with E-state index in [2.05, 4.69) is 14.8 Å². The highest BCUT2D eigenvalue weighted by atomic mass is 19.1. The summed E-state index contributed by atoms with van der Waals surface area (Å²) in [6.07, 6.45) is 4.45. The van der Waals surface area contributed by atoms with E-state index in [-0.39, 0.29) is 28.8 Å². The Labute approximate surface area is 221 Å². The fraction of sp³-hybridized carbons (Fsp3) is 0.300. The molecule has 1 aliphatic heterocycles. The lowest BCUT2D eigenvalue weighted by atomic mass is 9.87. The number of amides is 1. The Morgan fingerprint density at radius 3 is 2.45 bits per heavy atom. The average molecular weight is 515 g/mol. The van der Waals surface area contributed by atoms with Gasteiger partial charge in [0.2, 0.25) is 5.91 Å². The van der Waals surface area contributed by atoms with Gasteiger partial charge in [-0.15, -0.1) is 0 Å². The number of nitrogens with zero attached hydrogens (tertiary/aromatic N) is 3. The molecule has 1 aliphatic rings. The van der Waals surface area contributed by atoms with Crippen molar-refractivity contribution in [1.29, 1.82) is 0 Å². The highest BCUT2D eigenvalue weighted by Gasteiger charge is 2.28. The Hall–Kier alpha value is -4.04. The second-order valence-electron chi connectivity index (χ2n) is 9.83. The van der Waals surface area contributed by atoms with Crippen LogP contribution in [0.4, 0.5) is 10.1 Å². The zero-order valence-corrected chi connectivity index (χ0v) is 21.2. The van der Waals surface area contributed by atoms with Gasteiger partial charge in [-0.25, -0.2) is 4.39 Å². The number of carbonyl (C=O) groups excluding carboxylic acids is 1. The predicted molar refractivity (Wildman–Crippen MR) is 146 cm³/mol. The molecule has 8 heteroatoms. The molecule has 0 bridgehead atoms. The minimum atomic E-state index is -0.511. The number of aromatic nitrogens is 1. The molecule has 196 valence electrons. The fourth-order valence-electron chi connectivity index (χ4n) is 5.42. The standard InChI is InChI=1S/C30H31FN4O3/c31-23-13-11-22(12-14-23)20-34-21-27(25-8-1-3-9-28(25)34)26(24-7-2-4-10-29(24)35(37)38)19-30(36)32-15-18-33-16-5-6-17-33/h1-4,7-14,21,26H,5-6,15-20H2,(H,32,36). The van der Waals surface area contributed by atoms with Crippen molar-refractivity contribution in [1.82, 2.24) is 14.8 Å². The average Bonchev–Trinajstić information content (AvgIpc) is 3.57. The number of nitro benzene ring substituents is 1. The van der Waals surface area contributed by atoms with Crippen LogP contribution in [0.15, 0.2) is 79.0 Å². The summed E-state index contributed by atoms with van der Waals surface area (Å²) in [5.74, 6) is -0.940. The Bertz CT molecular complexity index is 1430. The molecule has 1 aromatic heterocycles. The molecular weight excluding hydrogens is 483 g/mol. The molecule has 1 fully saturated rings. The maximum Gasteiger partial charge on any atom is 0.273 e. The third-order valence-electron chi connectivity index (χ3n) is 7.31. The van der Waals surface area contributed by atoms with Crippen LogP contribution in [-0.2, 0) is 11.3 Å². The van der Waals surface area contributed by atoms with Crippen LogP contribution < -0.4 is 5.32 Å². The van der Waals surface area contributed by atoms with Crippen molar-refractivity contribution in [3.05, 3.63) is 112 Å². The predicted octanol–water partition coefficient (Wildman–Crippen LogP) is 5.47. The molecule has 0 saturated carbocycles. The maximum absolute atomic E-state index is 13.5. The number of benzene rings is 3. The van der Waals surface area contributed by atoms with E-state index in [4.69, 9.17) is 0 Å². The van der Waals surface area contributed by atoms with Crippen molar-refractivity contribution in [2.45, 2.75) is 31.7 Å². The topological polar surface area (TPSA) is 80.4 Å². The normalized spacial score (nSPS) is 14.6. The van der Waals surface area contributed by atoms with Gasteiger partial charge >= 0.3 is 0 Å². The van der Waals surface area contributed by atoms with Gasteiger partial charge < -0.3 is 14.8 Å². The number of hydrogen-bond acceptors (Lipinski definition) is 4. The van der Waals surface area contributed by atoms with E-state index in [1.54, 1.807) is 30.3 Å². The van der Waals surface area contributed by atoms with Gasteiger partial charge in [0.25, 0.3) is 5.69 Å². The Balaban J connectivity index is 1.49. The first-order valence-corrected chi connectivity index (χ1v) is 13.0. The van der Waals surface area contributed by atoms with Gasteiger partial charge in [-0.2, -0.15) is 0 Å². The Kier molecular flexibility index (Phi) is 7.79. The van der Waals surface area contributed by atoms with E-state index >= 15 is 0 Å². The maximum atomic E-state index is 13.5. The van der Waals surface area contributed by atoms with Crippen LogP contribution in [0.5, 0.6) is 0 Å². The zero-order valence-electron chi connectivity index (χ0n) is 21.2. The van der Waals surface area contributed by atoms with Crippen molar-refractivity contribution in [2.24, 2.45) is 0 Å². The molecule has 1 atom stereocenters. The van der Waals surface area contributed by atoms with Gasteiger partial charge in [-0.3, -0.25) is 14.9 Å². The smallest absolute Gasteiger partial charge is 0.273 e. The summed E-state index contributed by atoms with van der Waals surface area (Å²) < 4.78 is 15.5. The first kappa shape index (κ1) is 25.6. The van der Waals surface area contributed by atoms with Crippen molar-refractivity contribution >= 4 is 22.5 Å². The monoisotopic (exact) mass is 514 g/mol. The third-order valence-corrected chi connectivity index (χ3v) is 7.31. The third kappa shape index (κ3) is 5.75. The van der Waals surface area contributed by atoms with Crippen molar-refractivity contribution in [3.63, 3.8) is 0 Å². The molecule has 1 unspecified atom stereocenters. The van der Waals surface area contributed by atoms with Gasteiger partial charge in [0, 0.05) is 60.7 Å². The molecule has 0 radical (unpaired) electrons. The molecule has 2 heterocycles. The van der Waals surface area contributed by atoms with Crippen LogP contribution in [0.1, 0.15) is 41.9 Å². The van der Waals surface area contributed by atoms with Gasteiger partial charge in [0.05, 0.1) is 4.92 Å². The summed E-state index contributed by atoms with van der Waals surface area (Å²) in [7, 11) is 0. The highest BCUT2D eigenvalue weighted by Crippen LogP contribution is 2.38. The molecule has 0 spiro atoms. The number of nitro groups is 1. The zero-order chi connectivity index (χ0) is 26.5. The van der Waals surface area contributed by atoms with E-state index in [1.165, 1.54) is 31.0 Å². The number of para-hydroxylation sites is 2. The second-order valence-corrected chi connectivity index (χ2v) is 9.83. The minimum absolute atomic E-state index is 0.00210. The summed E-state index contributed by atoms with van der Waals surface area (Å²) in [4.78, 5) is 27.1. The Morgan fingerprint density at radius 2 is 1.68 bits per heavy atom. The summed E-state index contributed by atoms with van der Waals surface area (Å²) in [6.45, 7) is 3.98. The number of fused-ring (bicyclic) bond motifs is 1. The van der Waals surface area contributed by atoms with Crippen LogP contribution in [-0.4, -0.2) is 46.5 Å².